The largest absolute Gasteiger partial charge is 0.508 e. The zero-order chi connectivity index (χ0) is 55.1. The van der Waals surface area contributed by atoms with E-state index in [1.54, 1.807) is 48.5 Å². The monoisotopic (exact) mass is 1070 g/mol. The smallest absolute Gasteiger partial charge is 0.326 e. The van der Waals surface area contributed by atoms with Gasteiger partial charge in [-0.25, -0.2) is 18.8 Å². The second-order valence-electron chi connectivity index (χ2n) is 17.4. The Morgan fingerprint density at radius 3 is 1.88 bits per heavy atom. The predicted molar refractivity (Wildman–Crippen MR) is 270 cm³/mol. The quantitative estimate of drug-likeness (QED) is 0.0168. The van der Waals surface area contributed by atoms with Crippen molar-refractivity contribution < 1.29 is 68.0 Å². The van der Waals surface area contributed by atoms with Gasteiger partial charge in [0.1, 0.15) is 35.7 Å². The maximum atomic E-state index is 14.3. The lowest BCUT2D eigenvalue weighted by Gasteiger charge is -2.24. The first-order valence-electron chi connectivity index (χ1n) is 24.3. The Bertz CT molecular complexity index is 2450. The van der Waals surface area contributed by atoms with Crippen LogP contribution in [0.4, 0.5) is 9.18 Å². The number of halogens is 2. The average molecular weight is 1070 g/mol. The minimum Gasteiger partial charge on any atom is -0.508 e. The molecular weight excluding hydrogens is 1000 g/mol. The molecule has 406 valence electrons. The second kappa shape index (κ2) is 33.7. The number of aromatic hydroxyl groups is 1. The summed E-state index contributed by atoms with van der Waals surface area (Å²) < 4.78 is 14.3. The lowest BCUT2D eigenvalue weighted by molar-refractivity contribution is -0.141. The average Bonchev–Trinajstić information content (AvgIpc) is 3.37. The first-order valence-corrected chi connectivity index (χ1v) is 24.7. The number of nitrogens with one attached hydrogen (secondary N) is 6. The van der Waals surface area contributed by atoms with Crippen molar-refractivity contribution in [2.75, 3.05) is 26.2 Å². The number of carbonyl (C=O) groups is 9. The van der Waals surface area contributed by atoms with Crippen molar-refractivity contribution in [3.05, 3.63) is 111 Å². The molecule has 23 nitrogen and oxygen atoms in total. The summed E-state index contributed by atoms with van der Waals surface area (Å²) in [6.45, 7) is 0.676. The molecule has 0 aliphatic rings. The highest BCUT2D eigenvalue weighted by Crippen LogP contribution is 2.19. The van der Waals surface area contributed by atoms with Crippen molar-refractivity contribution in [2.24, 2.45) is 5.11 Å². The van der Waals surface area contributed by atoms with Crippen LogP contribution >= 0.6 is 11.6 Å². The summed E-state index contributed by atoms with van der Waals surface area (Å²) in [6.07, 6.45) is 0.853. The lowest BCUT2D eigenvalue weighted by Crippen LogP contribution is -2.55. The highest BCUT2D eigenvalue weighted by Gasteiger charge is 2.29. The van der Waals surface area contributed by atoms with E-state index in [0.717, 1.165) is 0 Å². The number of benzene rings is 3. The van der Waals surface area contributed by atoms with Gasteiger partial charge in [-0.1, -0.05) is 71.7 Å². The van der Waals surface area contributed by atoms with E-state index in [4.69, 9.17) is 22.2 Å². The summed E-state index contributed by atoms with van der Waals surface area (Å²) in [6, 6.07) is 12.7. The number of hydrogen-bond acceptors (Lipinski definition) is 11. The highest BCUT2D eigenvalue weighted by molar-refractivity contribution is 6.30. The fourth-order valence-electron chi connectivity index (χ4n) is 7.43. The number of rotatable bonds is 35. The van der Waals surface area contributed by atoms with Crippen LogP contribution in [0.5, 0.6) is 5.75 Å². The molecular formula is C50H64ClFN10O13. The molecule has 0 unspecified atom stereocenters. The van der Waals surface area contributed by atoms with E-state index >= 15 is 0 Å². The molecule has 0 aliphatic heterocycles. The maximum Gasteiger partial charge on any atom is 0.326 e. The molecule has 0 fully saturated rings. The van der Waals surface area contributed by atoms with Crippen LogP contribution in [0.1, 0.15) is 93.7 Å². The normalized spacial score (nSPS) is 12.3. The third kappa shape index (κ3) is 25.0. The molecule has 0 radical (unpaired) electrons. The van der Waals surface area contributed by atoms with E-state index < -0.39 is 90.4 Å². The molecule has 0 aromatic heterocycles. The van der Waals surface area contributed by atoms with Crippen LogP contribution in [0, 0.1) is 5.82 Å². The van der Waals surface area contributed by atoms with E-state index in [-0.39, 0.29) is 101 Å². The summed E-state index contributed by atoms with van der Waals surface area (Å²) in [5.41, 5.74) is 10.3. The topological polar surface area (TPSA) is 359 Å². The number of hydrogen-bond donors (Lipinski definition) is 10. The molecule has 10 N–H and O–H groups in total. The molecule has 7 amide bonds. The number of nitrogens with zero attached hydrogens (tertiary/aromatic N) is 4. The number of phenolic OH excluding ortho intramolecular Hbond substituents is 1. The van der Waals surface area contributed by atoms with Gasteiger partial charge < -0.3 is 57.2 Å². The number of carboxylic acid groups (broad SMARTS) is 3. The molecule has 4 atom stereocenters. The van der Waals surface area contributed by atoms with Gasteiger partial charge in [0.05, 0.1) is 5.02 Å². The van der Waals surface area contributed by atoms with Gasteiger partial charge >= 0.3 is 23.9 Å². The zero-order valence-electron chi connectivity index (χ0n) is 41.2. The van der Waals surface area contributed by atoms with Crippen molar-refractivity contribution in [2.45, 2.75) is 121 Å². The third-order valence-corrected chi connectivity index (χ3v) is 11.8. The summed E-state index contributed by atoms with van der Waals surface area (Å²) in [5.74, 6) is -7.35. The van der Waals surface area contributed by atoms with E-state index in [0.29, 0.717) is 42.4 Å². The SMILES string of the molecule is [N-]=[N+]=NCCCNC(=O)[C@@H](Cc1ccc(O)cc1)NC(=O)[C@@H](Cc1ccccc1)NC(=O)CCC(=O)NCCCCCC(=O)N(CCCC[C@H](NC(=O)N[C@@H](CCC(=O)O)C(=O)O)C(=O)O)Cc1ccc(Cl)c(F)c1. The maximum absolute atomic E-state index is 14.3. The van der Waals surface area contributed by atoms with Gasteiger partial charge in [0, 0.05) is 76.2 Å². The minimum atomic E-state index is -1.57. The molecule has 3 aromatic rings. The van der Waals surface area contributed by atoms with Crippen LogP contribution in [0.2, 0.25) is 5.02 Å². The van der Waals surface area contributed by atoms with Crippen LogP contribution in [0.3, 0.4) is 0 Å². The molecule has 0 bridgehead atoms. The number of phenols is 1. The number of azide groups is 1. The van der Waals surface area contributed by atoms with E-state index in [9.17, 15) is 62.9 Å². The van der Waals surface area contributed by atoms with E-state index in [2.05, 4.69) is 41.9 Å². The van der Waals surface area contributed by atoms with Crippen LogP contribution in [0.15, 0.2) is 77.9 Å². The number of amides is 7. The number of unbranched alkanes of at least 4 members (excludes halogenated alkanes) is 3. The summed E-state index contributed by atoms with van der Waals surface area (Å²) in [4.78, 5) is 117. The predicted octanol–water partition coefficient (Wildman–Crippen LogP) is 4.48. The van der Waals surface area contributed by atoms with Crippen LogP contribution in [0.25, 0.3) is 10.4 Å². The lowest BCUT2D eigenvalue weighted by atomic mass is 10.0. The third-order valence-electron chi connectivity index (χ3n) is 11.4. The second-order valence-corrected chi connectivity index (χ2v) is 17.8. The van der Waals surface area contributed by atoms with Crippen LogP contribution in [-0.4, -0.2) is 129 Å². The molecule has 3 aromatic carbocycles. The van der Waals surface area contributed by atoms with Gasteiger partial charge in [-0.3, -0.25) is 28.8 Å². The van der Waals surface area contributed by atoms with Crippen molar-refractivity contribution in [1.29, 1.82) is 0 Å². The van der Waals surface area contributed by atoms with Crippen molar-refractivity contribution in [1.82, 2.24) is 36.8 Å². The van der Waals surface area contributed by atoms with Gasteiger partial charge in [-0.05, 0) is 91.4 Å². The highest BCUT2D eigenvalue weighted by atomic mass is 35.5. The summed E-state index contributed by atoms with van der Waals surface area (Å²) in [5, 5.41) is 56.1. The molecule has 25 heteroatoms. The molecule has 75 heavy (non-hydrogen) atoms. The number of carboxylic acids is 3. The van der Waals surface area contributed by atoms with Crippen molar-refractivity contribution in [3.8, 4) is 5.75 Å². The fraction of sp³-hybridized carbons (Fsp3) is 0.460. The minimum absolute atomic E-state index is 0.00506. The van der Waals surface area contributed by atoms with E-state index in [1.165, 1.54) is 29.2 Å². The van der Waals surface area contributed by atoms with Crippen LogP contribution in [-0.2, 0) is 57.7 Å². The van der Waals surface area contributed by atoms with E-state index in [1.807, 2.05) is 0 Å². The first-order chi connectivity index (χ1) is 35.8. The summed E-state index contributed by atoms with van der Waals surface area (Å²) >= 11 is 5.85. The van der Waals surface area contributed by atoms with Crippen molar-refractivity contribution in [3.63, 3.8) is 0 Å². The molecule has 0 heterocycles. The Labute approximate surface area is 437 Å². The molecule has 0 saturated heterocycles. The Kier molecular flexibility index (Phi) is 27.5. The molecule has 0 saturated carbocycles. The standard InChI is InChI=1S/C50H64ClFN10O13/c51-36-19-16-34(28-37(36)52)31-62(27-8-6-12-38(48(71)72)59-50(75)60-39(49(73)74)20-23-45(67)68)44(66)13-5-2-7-24-54-42(64)21-22-43(65)57-41(29-32-10-3-1-4-11-32)47(70)58-40(30-33-14-17-35(63)18-15-33)46(69)55-25-9-26-56-61-53/h1,3-4,10-11,14-19,28,38-41,63H,2,5-9,12-13,20-27,29-31H2,(H,54,64)(H,55,69)(H,57,65)(H,58,70)(H,67,68)(H,71,72)(H,73,74)(H2,59,60,75)/t38-,39-,40+,41+/m0/s1. The van der Waals surface area contributed by atoms with Gasteiger partial charge in [0.25, 0.3) is 0 Å². The van der Waals surface area contributed by atoms with Gasteiger partial charge in [-0.2, -0.15) is 0 Å². The Balaban J connectivity index is 1.51. The first kappa shape index (κ1) is 61.3. The number of urea groups is 1. The Hall–Kier alpha value is -7.98. The van der Waals surface area contributed by atoms with Crippen LogP contribution < -0.4 is 31.9 Å². The van der Waals surface area contributed by atoms with Gasteiger partial charge in [0.15, 0.2) is 0 Å². The fourth-order valence-corrected chi connectivity index (χ4v) is 7.54. The van der Waals surface area contributed by atoms with Crippen molar-refractivity contribution >= 4 is 65.1 Å². The summed E-state index contributed by atoms with van der Waals surface area (Å²) in [7, 11) is 0. The Morgan fingerprint density at radius 1 is 0.627 bits per heavy atom. The van der Waals surface area contributed by atoms with Gasteiger partial charge in [0.2, 0.25) is 29.5 Å². The molecule has 3 rings (SSSR count). The Morgan fingerprint density at radius 2 is 1.24 bits per heavy atom. The zero-order valence-corrected chi connectivity index (χ0v) is 41.9. The van der Waals surface area contributed by atoms with Gasteiger partial charge in [-0.15, -0.1) is 0 Å². The number of aliphatic carboxylic acids is 3. The molecule has 0 aliphatic carbocycles. The number of carbonyl (C=O) groups excluding carboxylic acids is 6. The molecule has 0 spiro atoms.